The molecule has 0 aromatic carbocycles. The van der Waals surface area contributed by atoms with Crippen LogP contribution in [0.3, 0.4) is 0 Å². The molecule has 0 aromatic heterocycles. The van der Waals surface area contributed by atoms with E-state index in [1.807, 2.05) is 0 Å². The van der Waals surface area contributed by atoms with Gasteiger partial charge in [-0.3, -0.25) is 0 Å². The first-order valence-corrected chi connectivity index (χ1v) is 4.52. The lowest BCUT2D eigenvalue weighted by atomic mass is 9.89. The van der Waals surface area contributed by atoms with Crippen LogP contribution in [-0.4, -0.2) is 23.8 Å². The average molecular weight is 172 g/mol. The van der Waals surface area contributed by atoms with Gasteiger partial charge in [0.25, 0.3) is 0 Å². The van der Waals surface area contributed by atoms with Gasteiger partial charge in [-0.1, -0.05) is 19.8 Å². The number of carbonyl (C=O) groups is 1. The van der Waals surface area contributed by atoms with E-state index in [-0.39, 0.29) is 12.7 Å². The second-order valence-corrected chi connectivity index (χ2v) is 3.60. The van der Waals surface area contributed by atoms with Crippen molar-refractivity contribution in [1.29, 1.82) is 0 Å². The summed E-state index contributed by atoms with van der Waals surface area (Å²) in [6.07, 6.45) is 4.66. The monoisotopic (exact) mass is 172 g/mol. The van der Waals surface area contributed by atoms with Crippen LogP contribution in [0.5, 0.6) is 0 Å². The summed E-state index contributed by atoms with van der Waals surface area (Å²) in [4.78, 5) is 10.2. The second-order valence-electron chi connectivity index (χ2n) is 3.60. The molecular weight excluding hydrogens is 156 g/mol. The van der Waals surface area contributed by atoms with Crippen LogP contribution in [0.1, 0.15) is 32.6 Å². The normalized spacial score (nSPS) is 30.1. The Morgan fingerprint density at radius 1 is 1.58 bits per heavy atom. The fourth-order valence-electron chi connectivity index (χ4n) is 1.72. The van der Waals surface area contributed by atoms with Crippen LogP contribution in [0.25, 0.3) is 0 Å². The lowest BCUT2D eigenvalue weighted by Gasteiger charge is -2.26. The lowest BCUT2D eigenvalue weighted by Crippen LogP contribution is -2.24. The molecule has 2 atom stereocenters. The molecule has 0 heterocycles. The van der Waals surface area contributed by atoms with Crippen LogP contribution in [0.4, 0.5) is 0 Å². The Labute approximate surface area is 72.7 Å². The highest BCUT2D eigenvalue weighted by Gasteiger charge is 2.19. The van der Waals surface area contributed by atoms with Crippen molar-refractivity contribution in [2.75, 3.05) is 6.61 Å². The summed E-state index contributed by atoms with van der Waals surface area (Å²) in [5.74, 6) is -0.175. The van der Waals surface area contributed by atoms with Crippen LogP contribution in [0.2, 0.25) is 0 Å². The minimum Gasteiger partial charge on any atom is -0.480 e. The molecule has 1 aliphatic carbocycles. The molecule has 2 unspecified atom stereocenters. The maximum absolute atomic E-state index is 10.2. The molecule has 0 aromatic rings. The molecule has 0 spiro atoms. The largest absolute Gasteiger partial charge is 0.480 e. The quantitative estimate of drug-likeness (QED) is 0.704. The van der Waals surface area contributed by atoms with E-state index in [9.17, 15) is 4.79 Å². The zero-order valence-corrected chi connectivity index (χ0v) is 7.45. The van der Waals surface area contributed by atoms with Crippen molar-refractivity contribution in [1.82, 2.24) is 0 Å². The standard InChI is InChI=1S/C9H16O3/c1-7-3-2-4-8(5-7)12-6-9(10)11/h7-8H,2-6H2,1H3,(H,10,11). The van der Waals surface area contributed by atoms with E-state index >= 15 is 0 Å². The van der Waals surface area contributed by atoms with E-state index in [0.29, 0.717) is 5.92 Å². The molecule has 0 aliphatic heterocycles. The van der Waals surface area contributed by atoms with Gasteiger partial charge in [0, 0.05) is 0 Å². The summed E-state index contributed by atoms with van der Waals surface area (Å²) in [6.45, 7) is 2.05. The fraction of sp³-hybridized carbons (Fsp3) is 0.889. The molecule has 3 heteroatoms. The van der Waals surface area contributed by atoms with Crippen LogP contribution >= 0.6 is 0 Å². The third kappa shape index (κ3) is 3.22. The van der Waals surface area contributed by atoms with Gasteiger partial charge in [-0.05, 0) is 18.8 Å². The molecule has 12 heavy (non-hydrogen) atoms. The summed E-state index contributed by atoms with van der Waals surface area (Å²) in [5, 5.41) is 8.39. The first-order chi connectivity index (χ1) is 5.68. The molecule has 3 nitrogen and oxygen atoms in total. The first-order valence-electron chi connectivity index (χ1n) is 4.52. The Bertz CT molecular complexity index is 156. The zero-order valence-electron chi connectivity index (χ0n) is 7.45. The van der Waals surface area contributed by atoms with Gasteiger partial charge in [0.2, 0.25) is 0 Å². The van der Waals surface area contributed by atoms with Gasteiger partial charge in [0.1, 0.15) is 6.61 Å². The van der Waals surface area contributed by atoms with Gasteiger partial charge < -0.3 is 9.84 Å². The number of aliphatic carboxylic acids is 1. The van der Waals surface area contributed by atoms with Gasteiger partial charge >= 0.3 is 5.97 Å². The SMILES string of the molecule is CC1CCCC(OCC(=O)O)C1. The maximum Gasteiger partial charge on any atom is 0.329 e. The molecule has 1 saturated carbocycles. The molecule has 0 amide bonds. The van der Waals surface area contributed by atoms with Crippen molar-refractivity contribution < 1.29 is 14.6 Å². The molecule has 1 N–H and O–H groups in total. The molecule has 0 radical (unpaired) electrons. The van der Waals surface area contributed by atoms with Crippen LogP contribution in [-0.2, 0) is 9.53 Å². The van der Waals surface area contributed by atoms with Crippen molar-refractivity contribution in [2.24, 2.45) is 5.92 Å². The highest BCUT2D eigenvalue weighted by molar-refractivity contribution is 5.68. The Hall–Kier alpha value is -0.570. The molecular formula is C9H16O3. The zero-order chi connectivity index (χ0) is 8.97. The van der Waals surface area contributed by atoms with Crippen molar-refractivity contribution in [3.63, 3.8) is 0 Å². The fourth-order valence-corrected chi connectivity index (χ4v) is 1.72. The Balaban J connectivity index is 2.18. The van der Waals surface area contributed by atoms with E-state index < -0.39 is 5.97 Å². The van der Waals surface area contributed by atoms with Crippen molar-refractivity contribution in [3.8, 4) is 0 Å². The Kier molecular flexibility index (Phi) is 3.53. The van der Waals surface area contributed by atoms with Gasteiger partial charge in [0.05, 0.1) is 6.10 Å². The summed E-state index contributed by atoms with van der Waals surface area (Å²) >= 11 is 0. The van der Waals surface area contributed by atoms with Crippen LogP contribution in [0, 0.1) is 5.92 Å². The summed E-state index contributed by atoms with van der Waals surface area (Å²) in [5.41, 5.74) is 0. The topological polar surface area (TPSA) is 46.5 Å². The highest BCUT2D eigenvalue weighted by Crippen LogP contribution is 2.25. The Morgan fingerprint density at radius 2 is 2.33 bits per heavy atom. The molecule has 0 saturated heterocycles. The van der Waals surface area contributed by atoms with Crippen molar-refractivity contribution in [2.45, 2.75) is 38.7 Å². The average Bonchev–Trinajstić information content (AvgIpc) is 2.01. The highest BCUT2D eigenvalue weighted by atomic mass is 16.5. The second kappa shape index (κ2) is 4.45. The smallest absolute Gasteiger partial charge is 0.329 e. The minimum absolute atomic E-state index is 0.141. The molecule has 0 bridgehead atoms. The number of hydrogen-bond donors (Lipinski definition) is 1. The van der Waals surface area contributed by atoms with E-state index in [1.54, 1.807) is 0 Å². The third-order valence-corrected chi connectivity index (χ3v) is 2.33. The van der Waals surface area contributed by atoms with Gasteiger partial charge in [-0.2, -0.15) is 0 Å². The lowest BCUT2D eigenvalue weighted by molar-refractivity contribution is -0.145. The van der Waals surface area contributed by atoms with Crippen LogP contribution < -0.4 is 0 Å². The number of ether oxygens (including phenoxy) is 1. The minimum atomic E-state index is -0.867. The molecule has 70 valence electrons. The number of rotatable bonds is 3. The molecule has 1 fully saturated rings. The van der Waals surface area contributed by atoms with E-state index in [0.717, 1.165) is 12.8 Å². The van der Waals surface area contributed by atoms with Crippen molar-refractivity contribution >= 4 is 5.97 Å². The van der Waals surface area contributed by atoms with E-state index in [1.165, 1.54) is 12.8 Å². The first kappa shape index (κ1) is 9.52. The van der Waals surface area contributed by atoms with Crippen LogP contribution in [0.15, 0.2) is 0 Å². The third-order valence-electron chi connectivity index (χ3n) is 2.33. The summed E-state index contributed by atoms with van der Waals surface area (Å²) < 4.78 is 5.22. The predicted molar refractivity (Wildman–Crippen MR) is 45.0 cm³/mol. The van der Waals surface area contributed by atoms with Gasteiger partial charge in [-0.25, -0.2) is 4.79 Å². The van der Waals surface area contributed by atoms with Gasteiger partial charge in [-0.15, -0.1) is 0 Å². The van der Waals surface area contributed by atoms with E-state index in [2.05, 4.69) is 6.92 Å². The predicted octanol–water partition coefficient (Wildman–Crippen LogP) is 1.67. The summed E-state index contributed by atoms with van der Waals surface area (Å²) in [6, 6.07) is 0. The number of carboxylic acid groups (broad SMARTS) is 1. The van der Waals surface area contributed by atoms with Crippen molar-refractivity contribution in [3.05, 3.63) is 0 Å². The molecule has 1 aliphatic rings. The number of carboxylic acids is 1. The molecule has 1 rings (SSSR count). The maximum atomic E-state index is 10.2. The Morgan fingerprint density at radius 3 is 2.92 bits per heavy atom. The summed E-state index contributed by atoms with van der Waals surface area (Å²) in [7, 11) is 0. The van der Waals surface area contributed by atoms with E-state index in [4.69, 9.17) is 9.84 Å². The number of hydrogen-bond acceptors (Lipinski definition) is 2. The van der Waals surface area contributed by atoms with Gasteiger partial charge in [0.15, 0.2) is 0 Å².